The van der Waals surface area contributed by atoms with Crippen LogP contribution in [0.1, 0.15) is 19.4 Å². The van der Waals surface area contributed by atoms with E-state index in [1.54, 1.807) is 21.3 Å². The van der Waals surface area contributed by atoms with Gasteiger partial charge in [0.15, 0.2) is 17.5 Å². The number of nitrogens with zero attached hydrogens (tertiary/aromatic N) is 2. The predicted octanol–water partition coefficient (Wildman–Crippen LogP) is 1.48. The summed E-state index contributed by atoms with van der Waals surface area (Å²) in [5.74, 6) is 2.24. The second-order valence-electron chi connectivity index (χ2n) is 6.51. The molecule has 146 valence electrons. The Bertz CT molecular complexity index is 594. The average Bonchev–Trinajstić information content (AvgIpc) is 2.68. The highest BCUT2D eigenvalue weighted by Crippen LogP contribution is 2.27. The van der Waals surface area contributed by atoms with Crippen LogP contribution in [0.15, 0.2) is 23.2 Å². The van der Waals surface area contributed by atoms with Crippen molar-refractivity contribution in [2.45, 2.75) is 32.5 Å². The predicted molar refractivity (Wildman–Crippen MR) is 104 cm³/mol. The third-order valence-corrected chi connectivity index (χ3v) is 4.68. The molecule has 1 aromatic carbocycles. The third-order valence-electron chi connectivity index (χ3n) is 4.68. The van der Waals surface area contributed by atoms with Gasteiger partial charge in [0.1, 0.15) is 0 Å². The largest absolute Gasteiger partial charge is 0.493 e. The first kappa shape index (κ1) is 20.3. The highest BCUT2D eigenvalue weighted by Gasteiger charge is 2.23. The summed E-state index contributed by atoms with van der Waals surface area (Å²) < 4.78 is 16.1. The van der Waals surface area contributed by atoms with Gasteiger partial charge >= 0.3 is 0 Å². The maximum Gasteiger partial charge on any atom is 0.191 e. The molecule has 0 amide bonds. The Hall–Kier alpha value is -1.99. The van der Waals surface area contributed by atoms with Crippen molar-refractivity contribution >= 4 is 5.96 Å². The molecule has 7 nitrogen and oxygen atoms in total. The molecule has 0 bridgehead atoms. The van der Waals surface area contributed by atoms with Gasteiger partial charge in [-0.3, -0.25) is 9.89 Å². The van der Waals surface area contributed by atoms with Crippen molar-refractivity contribution in [1.29, 1.82) is 0 Å². The molecule has 2 rings (SSSR count). The number of hydrogen-bond acceptors (Lipinski definition) is 5. The topological polar surface area (TPSA) is 67.4 Å². The minimum absolute atomic E-state index is 0.411. The van der Waals surface area contributed by atoms with E-state index in [0.717, 1.165) is 49.3 Å². The van der Waals surface area contributed by atoms with Gasteiger partial charge in [-0.25, -0.2) is 0 Å². The number of ether oxygens (including phenoxy) is 3. The van der Waals surface area contributed by atoms with Crippen LogP contribution < -0.4 is 20.1 Å². The molecule has 0 radical (unpaired) electrons. The molecular formula is C19H32N4O3. The number of aliphatic imine (C=N–C) groups is 1. The van der Waals surface area contributed by atoms with Gasteiger partial charge in [-0.1, -0.05) is 6.07 Å². The summed E-state index contributed by atoms with van der Waals surface area (Å²) in [4.78, 5) is 6.78. The molecule has 2 unspecified atom stereocenters. The zero-order valence-corrected chi connectivity index (χ0v) is 16.5. The molecule has 1 saturated heterocycles. The van der Waals surface area contributed by atoms with Gasteiger partial charge in [-0.15, -0.1) is 0 Å². The van der Waals surface area contributed by atoms with Gasteiger partial charge in [0.25, 0.3) is 0 Å². The fourth-order valence-corrected chi connectivity index (χ4v) is 3.15. The number of rotatable bonds is 7. The van der Waals surface area contributed by atoms with Crippen LogP contribution in [-0.4, -0.2) is 70.5 Å². The minimum Gasteiger partial charge on any atom is -0.493 e. The molecule has 0 aliphatic carbocycles. The summed E-state index contributed by atoms with van der Waals surface area (Å²) >= 11 is 0. The summed E-state index contributed by atoms with van der Waals surface area (Å²) in [7, 11) is 5.06. The summed E-state index contributed by atoms with van der Waals surface area (Å²) in [5.41, 5.74) is 1.10. The Kier molecular flexibility index (Phi) is 8.00. The van der Waals surface area contributed by atoms with Crippen molar-refractivity contribution < 1.29 is 14.2 Å². The highest BCUT2D eigenvalue weighted by molar-refractivity contribution is 5.79. The molecule has 0 saturated carbocycles. The summed E-state index contributed by atoms with van der Waals surface area (Å²) in [5, 5.41) is 6.75. The van der Waals surface area contributed by atoms with Gasteiger partial charge in [0.05, 0.1) is 27.4 Å². The highest BCUT2D eigenvalue weighted by atomic mass is 16.5. The Morgan fingerprint density at radius 1 is 1.31 bits per heavy atom. The van der Waals surface area contributed by atoms with Crippen molar-refractivity contribution in [3.8, 4) is 11.5 Å². The molecule has 7 heteroatoms. The number of benzene rings is 1. The molecular weight excluding hydrogens is 332 g/mol. The first-order valence-corrected chi connectivity index (χ1v) is 9.08. The van der Waals surface area contributed by atoms with E-state index in [1.165, 1.54) is 0 Å². The summed E-state index contributed by atoms with van der Waals surface area (Å²) in [6, 6.07) is 6.75. The fraction of sp³-hybridized carbons (Fsp3) is 0.632. The van der Waals surface area contributed by atoms with E-state index >= 15 is 0 Å². The lowest BCUT2D eigenvalue weighted by atomic mass is 10.2. The van der Waals surface area contributed by atoms with Gasteiger partial charge in [-0.05, 0) is 31.5 Å². The van der Waals surface area contributed by atoms with E-state index in [1.807, 2.05) is 18.2 Å². The van der Waals surface area contributed by atoms with E-state index in [4.69, 9.17) is 14.2 Å². The molecule has 1 aromatic rings. The first-order valence-electron chi connectivity index (χ1n) is 9.08. The van der Waals surface area contributed by atoms with E-state index in [-0.39, 0.29) is 0 Å². The van der Waals surface area contributed by atoms with Crippen molar-refractivity contribution in [1.82, 2.24) is 15.5 Å². The Morgan fingerprint density at radius 2 is 2.08 bits per heavy atom. The van der Waals surface area contributed by atoms with Crippen LogP contribution in [0.25, 0.3) is 0 Å². The first-order chi connectivity index (χ1) is 12.6. The SMILES string of the molecule is CN=C(NCc1ccc(OC)c(OC)c1)NCC(C)N1CCOCC1C. The fourth-order valence-electron chi connectivity index (χ4n) is 3.15. The molecule has 1 heterocycles. The third kappa shape index (κ3) is 5.51. The second kappa shape index (κ2) is 10.2. The van der Waals surface area contributed by atoms with E-state index in [0.29, 0.717) is 18.6 Å². The standard InChI is InChI=1S/C19H32N4O3/c1-14(23-8-9-26-13-15(23)2)11-21-19(20-3)22-12-16-6-7-17(24-4)18(10-16)25-5/h6-7,10,14-15H,8-9,11-13H2,1-5H3,(H2,20,21,22). The van der Waals surface area contributed by atoms with Crippen molar-refractivity contribution in [2.24, 2.45) is 4.99 Å². The zero-order chi connectivity index (χ0) is 18.9. The number of guanidine groups is 1. The van der Waals surface area contributed by atoms with E-state index in [2.05, 4.69) is 34.4 Å². The molecule has 26 heavy (non-hydrogen) atoms. The smallest absolute Gasteiger partial charge is 0.191 e. The van der Waals surface area contributed by atoms with Crippen LogP contribution in [0, 0.1) is 0 Å². The maximum atomic E-state index is 5.51. The van der Waals surface area contributed by atoms with Gasteiger partial charge in [0, 0.05) is 38.8 Å². The van der Waals surface area contributed by atoms with E-state index in [9.17, 15) is 0 Å². The monoisotopic (exact) mass is 364 g/mol. The minimum atomic E-state index is 0.411. The molecule has 1 fully saturated rings. The van der Waals surface area contributed by atoms with Crippen LogP contribution in [0.5, 0.6) is 11.5 Å². The molecule has 0 aromatic heterocycles. The van der Waals surface area contributed by atoms with Crippen LogP contribution in [0.2, 0.25) is 0 Å². The number of nitrogens with one attached hydrogen (secondary N) is 2. The number of methoxy groups -OCH3 is 2. The molecule has 1 aliphatic rings. The zero-order valence-electron chi connectivity index (χ0n) is 16.5. The number of hydrogen-bond donors (Lipinski definition) is 2. The van der Waals surface area contributed by atoms with Crippen molar-refractivity contribution in [3.63, 3.8) is 0 Å². The summed E-state index contributed by atoms with van der Waals surface area (Å²) in [6.07, 6.45) is 0. The van der Waals surface area contributed by atoms with Gasteiger partial charge in [0.2, 0.25) is 0 Å². The van der Waals surface area contributed by atoms with Crippen molar-refractivity contribution in [3.05, 3.63) is 23.8 Å². The second-order valence-corrected chi connectivity index (χ2v) is 6.51. The van der Waals surface area contributed by atoms with Crippen LogP contribution >= 0.6 is 0 Å². The Labute approximate surface area is 156 Å². The van der Waals surface area contributed by atoms with Gasteiger partial charge in [-0.2, -0.15) is 0 Å². The van der Waals surface area contributed by atoms with Crippen molar-refractivity contribution in [2.75, 3.05) is 47.6 Å². The Morgan fingerprint density at radius 3 is 2.73 bits per heavy atom. The molecule has 1 aliphatic heterocycles. The van der Waals surface area contributed by atoms with Crippen LogP contribution in [-0.2, 0) is 11.3 Å². The van der Waals surface area contributed by atoms with Crippen LogP contribution in [0.4, 0.5) is 0 Å². The maximum absolute atomic E-state index is 5.51. The number of morpholine rings is 1. The van der Waals surface area contributed by atoms with Crippen LogP contribution in [0.3, 0.4) is 0 Å². The Balaban J connectivity index is 1.84. The lowest BCUT2D eigenvalue weighted by Gasteiger charge is -2.38. The molecule has 2 atom stereocenters. The van der Waals surface area contributed by atoms with E-state index < -0.39 is 0 Å². The average molecular weight is 364 g/mol. The molecule has 0 spiro atoms. The lowest BCUT2D eigenvalue weighted by molar-refractivity contribution is -0.0174. The summed E-state index contributed by atoms with van der Waals surface area (Å²) in [6.45, 7) is 8.51. The van der Waals surface area contributed by atoms with Gasteiger partial charge < -0.3 is 24.8 Å². The molecule has 2 N–H and O–H groups in total. The lowest BCUT2D eigenvalue weighted by Crippen LogP contribution is -2.52. The normalized spacial score (nSPS) is 19.7. The quantitative estimate of drug-likeness (QED) is 0.564.